The van der Waals surface area contributed by atoms with Crippen LogP contribution < -0.4 is 5.32 Å². The van der Waals surface area contributed by atoms with Crippen LogP contribution in [0.25, 0.3) is 0 Å². The molecule has 106 valence electrons. The maximum atomic E-state index is 12.0. The van der Waals surface area contributed by atoms with Crippen molar-refractivity contribution in [1.82, 2.24) is 9.78 Å². The lowest BCUT2D eigenvalue weighted by atomic mass is 9.79. The minimum Gasteiger partial charge on any atom is -0.481 e. The second-order valence-corrected chi connectivity index (χ2v) is 4.82. The molecule has 0 atom stereocenters. The van der Waals surface area contributed by atoms with E-state index in [1.807, 2.05) is 0 Å². The van der Waals surface area contributed by atoms with Crippen LogP contribution in [-0.2, 0) is 16.6 Å². The van der Waals surface area contributed by atoms with Crippen molar-refractivity contribution in [3.05, 3.63) is 11.9 Å². The molecule has 19 heavy (non-hydrogen) atoms. The van der Waals surface area contributed by atoms with E-state index in [2.05, 4.69) is 10.4 Å². The van der Waals surface area contributed by atoms with E-state index >= 15 is 0 Å². The van der Waals surface area contributed by atoms with Gasteiger partial charge in [0.2, 0.25) is 5.91 Å². The molecule has 0 radical (unpaired) electrons. The van der Waals surface area contributed by atoms with Crippen molar-refractivity contribution in [3.8, 4) is 0 Å². The van der Waals surface area contributed by atoms with Crippen LogP contribution in [0.3, 0.4) is 0 Å². The number of anilines is 1. The molecule has 0 aliphatic rings. The molecule has 1 amide bonds. The summed E-state index contributed by atoms with van der Waals surface area (Å²) in [6, 6.07) is 0. The lowest BCUT2D eigenvalue weighted by Crippen LogP contribution is -2.34. The Morgan fingerprint density at radius 1 is 1.42 bits per heavy atom. The first-order valence-corrected chi connectivity index (χ1v) is 6.38. The number of aliphatic carboxylic acids is 1. The number of nitrogens with one attached hydrogen (secondary N) is 1. The van der Waals surface area contributed by atoms with E-state index in [9.17, 15) is 14.7 Å². The number of amides is 1. The van der Waals surface area contributed by atoms with Gasteiger partial charge in [-0.3, -0.25) is 14.3 Å². The Labute approximate surface area is 112 Å². The molecule has 0 saturated carbocycles. The molecule has 0 unspecified atom stereocenters. The highest BCUT2D eigenvalue weighted by Crippen LogP contribution is 2.31. The molecule has 1 aromatic heterocycles. The average molecular weight is 267 g/mol. The first-order chi connectivity index (χ1) is 8.84. The van der Waals surface area contributed by atoms with E-state index in [0.717, 1.165) is 0 Å². The number of hydrogen-bond donors (Lipinski definition) is 2. The summed E-state index contributed by atoms with van der Waals surface area (Å²) in [6.07, 6.45) is 2.54. The molecule has 1 rings (SSSR count). The number of aromatic nitrogens is 2. The standard InChI is InChI=1S/C13H21N3O3/c1-5-13(6-2,12(18)19)7-11(17)14-10-8-16(4)15-9(10)3/h8H,5-7H2,1-4H3,(H,14,17)(H,18,19). The van der Waals surface area contributed by atoms with E-state index in [-0.39, 0.29) is 12.3 Å². The summed E-state index contributed by atoms with van der Waals surface area (Å²) in [5.41, 5.74) is 0.351. The van der Waals surface area contributed by atoms with Crippen molar-refractivity contribution >= 4 is 17.6 Å². The van der Waals surface area contributed by atoms with Crippen molar-refractivity contribution in [2.75, 3.05) is 5.32 Å². The van der Waals surface area contributed by atoms with Gasteiger partial charge in [0.15, 0.2) is 0 Å². The zero-order valence-corrected chi connectivity index (χ0v) is 11.9. The molecule has 0 aliphatic heterocycles. The monoisotopic (exact) mass is 267 g/mol. The van der Waals surface area contributed by atoms with Gasteiger partial charge in [-0.05, 0) is 19.8 Å². The number of carbonyl (C=O) groups excluding carboxylic acids is 1. The third-order valence-electron chi connectivity index (χ3n) is 3.59. The van der Waals surface area contributed by atoms with Crippen LogP contribution >= 0.6 is 0 Å². The van der Waals surface area contributed by atoms with E-state index in [1.54, 1.807) is 38.7 Å². The zero-order valence-electron chi connectivity index (χ0n) is 11.9. The van der Waals surface area contributed by atoms with Crippen LogP contribution in [0.2, 0.25) is 0 Å². The fourth-order valence-corrected chi connectivity index (χ4v) is 2.10. The summed E-state index contributed by atoms with van der Waals surface area (Å²) in [5, 5.41) is 16.1. The molecular weight excluding hydrogens is 246 g/mol. The molecule has 2 N–H and O–H groups in total. The quantitative estimate of drug-likeness (QED) is 0.825. The average Bonchev–Trinajstić information content (AvgIpc) is 2.64. The Bertz CT molecular complexity index is 475. The molecule has 0 spiro atoms. The van der Waals surface area contributed by atoms with Crippen LogP contribution in [0.5, 0.6) is 0 Å². The first kappa shape index (κ1) is 15.2. The van der Waals surface area contributed by atoms with E-state index in [4.69, 9.17) is 0 Å². The van der Waals surface area contributed by atoms with Gasteiger partial charge in [-0.15, -0.1) is 0 Å². The molecule has 1 heterocycles. The third kappa shape index (κ3) is 3.33. The largest absolute Gasteiger partial charge is 0.481 e. The van der Waals surface area contributed by atoms with Crippen LogP contribution in [0.15, 0.2) is 6.20 Å². The van der Waals surface area contributed by atoms with Gasteiger partial charge in [0.1, 0.15) is 0 Å². The molecule has 6 nitrogen and oxygen atoms in total. The number of aryl methyl sites for hydroxylation is 2. The summed E-state index contributed by atoms with van der Waals surface area (Å²) in [6.45, 7) is 5.38. The first-order valence-electron chi connectivity index (χ1n) is 6.38. The molecule has 0 fully saturated rings. The summed E-state index contributed by atoms with van der Waals surface area (Å²) < 4.78 is 1.61. The zero-order chi connectivity index (χ0) is 14.6. The summed E-state index contributed by atoms with van der Waals surface area (Å²) in [4.78, 5) is 23.3. The van der Waals surface area contributed by atoms with Crippen molar-refractivity contribution in [3.63, 3.8) is 0 Å². The minimum absolute atomic E-state index is 0.0241. The lowest BCUT2D eigenvalue weighted by molar-refractivity contribution is -0.151. The number of carbonyl (C=O) groups is 2. The topological polar surface area (TPSA) is 84.2 Å². The van der Waals surface area contributed by atoms with Crippen LogP contribution in [-0.4, -0.2) is 26.8 Å². The maximum Gasteiger partial charge on any atom is 0.310 e. The SMILES string of the molecule is CCC(CC)(CC(=O)Nc1cn(C)nc1C)C(=O)O. The molecule has 1 aromatic rings. The van der Waals surface area contributed by atoms with Crippen molar-refractivity contribution < 1.29 is 14.7 Å². The second kappa shape index (κ2) is 5.86. The van der Waals surface area contributed by atoms with Gasteiger partial charge in [-0.25, -0.2) is 0 Å². The Balaban J connectivity index is 2.79. The summed E-state index contributed by atoms with van der Waals surface area (Å²) in [5.74, 6) is -1.21. The fourth-order valence-electron chi connectivity index (χ4n) is 2.10. The molecule has 0 aromatic carbocycles. The molecule has 6 heteroatoms. The highest BCUT2D eigenvalue weighted by molar-refractivity contribution is 5.94. The molecule has 0 saturated heterocycles. The molecular formula is C13H21N3O3. The summed E-state index contributed by atoms with van der Waals surface area (Å²) in [7, 11) is 1.77. The second-order valence-electron chi connectivity index (χ2n) is 4.82. The van der Waals surface area contributed by atoms with Crippen LogP contribution in [0, 0.1) is 12.3 Å². The van der Waals surface area contributed by atoms with Crippen molar-refractivity contribution in [1.29, 1.82) is 0 Å². The highest BCUT2D eigenvalue weighted by Gasteiger charge is 2.37. The van der Waals surface area contributed by atoms with Gasteiger partial charge in [0, 0.05) is 19.7 Å². The predicted molar refractivity (Wildman–Crippen MR) is 71.8 cm³/mol. The van der Waals surface area contributed by atoms with Gasteiger partial charge in [0.25, 0.3) is 0 Å². The number of hydrogen-bond acceptors (Lipinski definition) is 3. The van der Waals surface area contributed by atoms with E-state index < -0.39 is 11.4 Å². The van der Waals surface area contributed by atoms with Crippen LogP contribution in [0.1, 0.15) is 38.8 Å². The third-order valence-corrected chi connectivity index (χ3v) is 3.59. The smallest absolute Gasteiger partial charge is 0.310 e. The van der Waals surface area contributed by atoms with Gasteiger partial charge >= 0.3 is 5.97 Å². The Morgan fingerprint density at radius 2 is 2.00 bits per heavy atom. The van der Waals surface area contributed by atoms with Gasteiger partial charge in [0.05, 0.1) is 16.8 Å². The molecule has 0 aliphatic carbocycles. The van der Waals surface area contributed by atoms with Crippen LogP contribution in [0.4, 0.5) is 5.69 Å². The Morgan fingerprint density at radius 3 is 2.37 bits per heavy atom. The maximum absolute atomic E-state index is 12.0. The number of nitrogens with zero attached hydrogens (tertiary/aromatic N) is 2. The Kier molecular flexibility index (Phi) is 4.69. The van der Waals surface area contributed by atoms with Crippen molar-refractivity contribution in [2.45, 2.75) is 40.0 Å². The van der Waals surface area contributed by atoms with Crippen molar-refractivity contribution in [2.24, 2.45) is 12.5 Å². The van der Waals surface area contributed by atoms with E-state index in [0.29, 0.717) is 24.2 Å². The normalized spacial score (nSPS) is 11.4. The predicted octanol–water partition coefficient (Wildman–Crippen LogP) is 1.95. The fraction of sp³-hybridized carbons (Fsp3) is 0.615. The Hall–Kier alpha value is -1.85. The number of carboxylic acids is 1. The summed E-state index contributed by atoms with van der Waals surface area (Å²) >= 11 is 0. The van der Waals surface area contributed by atoms with E-state index in [1.165, 1.54) is 0 Å². The lowest BCUT2D eigenvalue weighted by Gasteiger charge is -2.25. The van der Waals surface area contributed by atoms with Gasteiger partial charge in [-0.2, -0.15) is 5.10 Å². The highest BCUT2D eigenvalue weighted by atomic mass is 16.4. The van der Waals surface area contributed by atoms with Gasteiger partial charge < -0.3 is 10.4 Å². The minimum atomic E-state index is -0.986. The van der Waals surface area contributed by atoms with Gasteiger partial charge in [-0.1, -0.05) is 13.8 Å². The number of rotatable bonds is 6. The molecule has 0 bridgehead atoms. The number of carboxylic acid groups (broad SMARTS) is 1.